The summed E-state index contributed by atoms with van der Waals surface area (Å²) in [7, 11) is -10.7. The molecule has 17 nitrogen and oxygen atoms in total. The second kappa shape index (κ2) is 37.1. The molecular formula is C47H78O17P2. The second-order valence-electron chi connectivity index (χ2n) is 15.9. The van der Waals surface area contributed by atoms with Gasteiger partial charge in [-0.1, -0.05) is 112 Å². The molecule has 0 radical (unpaired) electrons. The highest BCUT2D eigenvalue weighted by atomic mass is 31.2. The van der Waals surface area contributed by atoms with E-state index in [0.29, 0.717) is 32.1 Å². The van der Waals surface area contributed by atoms with Gasteiger partial charge >= 0.3 is 27.6 Å². The average Bonchev–Trinajstić information content (AvgIpc) is 3.27. The molecule has 0 spiro atoms. The minimum Gasteiger partial charge on any atom is -0.462 e. The van der Waals surface area contributed by atoms with Crippen LogP contribution >= 0.6 is 15.6 Å². The lowest BCUT2D eigenvalue weighted by molar-refractivity contribution is -0.216. The Labute approximate surface area is 391 Å². The van der Waals surface area contributed by atoms with Gasteiger partial charge in [0.05, 0.1) is 12.7 Å². The normalized spacial score (nSPS) is 22.8. The Morgan fingerprint density at radius 2 is 1.00 bits per heavy atom. The Bertz CT molecular complexity index is 1620. The number of carbonyl (C=O) groups is 2. The average molecular weight is 977 g/mol. The number of rotatable bonds is 37. The van der Waals surface area contributed by atoms with Crippen LogP contribution in [-0.2, 0) is 41.8 Å². The molecule has 378 valence electrons. The fourth-order valence-corrected chi connectivity index (χ4v) is 7.84. The van der Waals surface area contributed by atoms with Crippen LogP contribution in [0.25, 0.3) is 0 Å². The molecule has 1 saturated carbocycles. The van der Waals surface area contributed by atoms with Gasteiger partial charge in [0.25, 0.3) is 0 Å². The zero-order valence-corrected chi connectivity index (χ0v) is 40.5. The molecule has 19 heteroatoms. The molecule has 1 fully saturated rings. The number of phosphoric ester groups is 2. The zero-order chi connectivity index (χ0) is 49.1. The van der Waals surface area contributed by atoms with Crippen LogP contribution in [0.1, 0.15) is 136 Å². The Morgan fingerprint density at radius 3 is 1.50 bits per heavy atom. The molecule has 1 aliphatic carbocycles. The van der Waals surface area contributed by atoms with Crippen LogP contribution in [0.3, 0.4) is 0 Å². The number of aliphatic hydroxyl groups excluding tert-OH is 5. The summed E-state index contributed by atoms with van der Waals surface area (Å²) < 4.78 is 49.2. The maximum absolute atomic E-state index is 13.0. The number of unbranched alkanes of at least 4 members (excludes halogenated alkanes) is 6. The van der Waals surface area contributed by atoms with E-state index in [0.717, 1.165) is 57.8 Å². The highest BCUT2D eigenvalue weighted by Gasteiger charge is 2.54. The molecule has 0 heterocycles. The highest BCUT2D eigenvalue weighted by molar-refractivity contribution is 7.47. The lowest BCUT2D eigenvalue weighted by Gasteiger charge is -2.43. The zero-order valence-electron chi connectivity index (χ0n) is 38.7. The van der Waals surface area contributed by atoms with Crippen molar-refractivity contribution in [1.82, 2.24) is 0 Å². The molecule has 0 bridgehead atoms. The molecule has 66 heavy (non-hydrogen) atoms. The molecule has 0 saturated heterocycles. The fraction of sp³-hybridized carbons (Fsp3) is 0.660. The first-order valence-corrected chi connectivity index (χ1v) is 26.2. The van der Waals surface area contributed by atoms with E-state index >= 15 is 0 Å². The SMILES string of the molecule is CCCCC/C=C\C/C=C\C/C=C\CCCCC(=O)O[C@H](COC(=O)CCC/C=C\C/C=C\C/C=C\C/C=C\CC[C@@H](O)CC)COP(=O)(O)O[C@H]1C(O)C(O)C(O)[C@@H](OP(=O)(O)O)C1O. The van der Waals surface area contributed by atoms with Crippen molar-refractivity contribution in [3.63, 3.8) is 0 Å². The number of ether oxygens (including phenoxy) is 2. The Morgan fingerprint density at radius 1 is 0.545 bits per heavy atom. The van der Waals surface area contributed by atoms with Crippen LogP contribution in [0.5, 0.6) is 0 Å². The number of aliphatic hydroxyl groups is 5. The third-order valence-corrected chi connectivity index (χ3v) is 11.6. The molecule has 0 aromatic carbocycles. The van der Waals surface area contributed by atoms with E-state index in [4.69, 9.17) is 28.3 Å². The van der Waals surface area contributed by atoms with Crippen molar-refractivity contribution >= 4 is 27.6 Å². The third kappa shape index (κ3) is 31.2. The predicted octanol–water partition coefficient (Wildman–Crippen LogP) is 7.58. The van der Waals surface area contributed by atoms with Crippen LogP contribution in [-0.4, -0.2) is 114 Å². The molecule has 1 rings (SSSR count). The first kappa shape index (κ1) is 61.2. The summed E-state index contributed by atoms with van der Waals surface area (Å²) in [4.78, 5) is 54.2. The van der Waals surface area contributed by atoms with Gasteiger partial charge in [-0.25, -0.2) is 9.13 Å². The maximum atomic E-state index is 13.0. The Hall–Kier alpha value is -2.86. The summed E-state index contributed by atoms with van der Waals surface area (Å²) in [5.74, 6) is -1.34. The summed E-state index contributed by atoms with van der Waals surface area (Å²) in [5, 5.41) is 50.8. The second-order valence-corrected chi connectivity index (χ2v) is 18.5. The van der Waals surface area contributed by atoms with Gasteiger partial charge in [0.15, 0.2) is 6.10 Å². The number of phosphoric acid groups is 2. The van der Waals surface area contributed by atoms with Gasteiger partial charge in [-0.3, -0.25) is 23.2 Å². The number of hydrogen-bond donors (Lipinski definition) is 8. The van der Waals surface area contributed by atoms with E-state index in [9.17, 15) is 49.1 Å². The molecule has 0 aromatic heterocycles. The third-order valence-electron chi connectivity index (χ3n) is 10.1. The van der Waals surface area contributed by atoms with E-state index < -0.39 is 83.5 Å². The molecule has 0 aromatic rings. The summed E-state index contributed by atoms with van der Waals surface area (Å²) in [6, 6.07) is 0. The van der Waals surface area contributed by atoms with Gasteiger partial charge in [0, 0.05) is 12.8 Å². The minimum absolute atomic E-state index is 0.0186. The smallest absolute Gasteiger partial charge is 0.462 e. The maximum Gasteiger partial charge on any atom is 0.472 e. The summed E-state index contributed by atoms with van der Waals surface area (Å²) in [6.07, 6.45) is 27.8. The van der Waals surface area contributed by atoms with Gasteiger partial charge in [0.2, 0.25) is 0 Å². The molecule has 1 aliphatic rings. The lowest BCUT2D eigenvalue weighted by atomic mass is 9.85. The summed E-state index contributed by atoms with van der Waals surface area (Å²) in [5.41, 5.74) is 0. The van der Waals surface area contributed by atoms with Crippen molar-refractivity contribution in [2.24, 2.45) is 0 Å². The topological polar surface area (TPSA) is 276 Å². The molecule has 0 amide bonds. The summed E-state index contributed by atoms with van der Waals surface area (Å²) in [6.45, 7) is 2.70. The van der Waals surface area contributed by atoms with Crippen LogP contribution in [0.15, 0.2) is 85.1 Å². The standard InChI is InChI=1S/C47H78O17P2/c1-3-5-6-7-8-9-10-11-12-17-20-23-26-29-32-35-41(50)62-39(37-61-66(58,59)64-47-44(53)42(51)43(52)46(45(47)54)63-65(55,56)57)36-60-40(49)34-31-28-25-22-19-16-14-13-15-18-21-24-27-30-33-38(48)4-2/h8-9,11-12,14-16,18,20,22-25,27,38-39,42-48,51-54H,3-7,10,13,17,19,21,26,28-37H2,1-2H3,(H,58,59)(H2,55,56,57)/b9-8-,12-11-,16-14-,18-15-,23-20-,25-22-,27-24-/t38-,39+,42?,43?,44?,45?,46+,47-/m0/s1. The van der Waals surface area contributed by atoms with Crippen LogP contribution in [0.4, 0.5) is 0 Å². The number of hydrogen-bond acceptors (Lipinski definition) is 14. The Balaban J connectivity index is 2.68. The molecular weight excluding hydrogens is 898 g/mol. The van der Waals surface area contributed by atoms with E-state index in [1.54, 1.807) is 0 Å². The number of esters is 2. The van der Waals surface area contributed by atoms with Crippen molar-refractivity contribution in [2.45, 2.75) is 185 Å². The van der Waals surface area contributed by atoms with Crippen LogP contribution in [0, 0.1) is 0 Å². The minimum atomic E-state index is -5.38. The molecule has 8 N–H and O–H groups in total. The van der Waals surface area contributed by atoms with E-state index in [1.807, 2.05) is 37.3 Å². The van der Waals surface area contributed by atoms with Crippen molar-refractivity contribution < 1.29 is 82.0 Å². The Kier molecular flexibility index (Phi) is 34.4. The van der Waals surface area contributed by atoms with Crippen molar-refractivity contribution in [2.75, 3.05) is 13.2 Å². The monoisotopic (exact) mass is 976 g/mol. The molecule has 5 unspecified atom stereocenters. The van der Waals surface area contributed by atoms with Crippen molar-refractivity contribution in [3.05, 3.63) is 85.1 Å². The number of carbonyl (C=O) groups excluding carboxylic acids is 2. The number of allylic oxidation sites excluding steroid dienone is 14. The largest absolute Gasteiger partial charge is 0.472 e. The fourth-order valence-electron chi connectivity index (χ4n) is 6.30. The predicted molar refractivity (Wildman–Crippen MR) is 251 cm³/mol. The van der Waals surface area contributed by atoms with Gasteiger partial charge in [-0.15, -0.1) is 0 Å². The molecule has 0 aliphatic heterocycles. The van der Waals surface area contributed by atoms with Gasteiger partial charge in [-0.05, 0) is 96.3 Å². The van der Waals surface area contributed by atoms with E-state index in [1.165, 1.54) is 19.3 Å². The van der Waals surface area contributed by atoms with Crippen molar-refractivity contribution in [1.29, 1.82) is 0 Å². The highest BCUT2D eigenvalue weighted by Crippen LogP contribution is 2.49. The van der Waals surface area contributed by atoms with Crippen LogP contribution < -0.4 is 0 Å². The molecule has 9 atom stereocenters. The first-order chi connectivity index (χ1) is 31.5. The lowest BCUT2D eigenvalue weighted by Crippen LogP contribution is -2.64. The van der Waals surface area contributed by atoms with Crippen LogP contribution in [0.2, 0.25) is 0 Å². The van der Waals surface area contributed by atoms with Crippen molar-refractivity contribution in [3.8, 4) is 0 Å². The van der Waals surface area contributed by atoms with E-state index in [2.05, 4.69) is 66.1 Å². The van der Waals surface area contributed by atoms with Gasteiger partial charge in [-0.2, -0.15) is 0 Å². The summed E-state index contributed by atoms with van der Waals surface area (Å²) >= 11 is 0. The van der Waals surface area contributed by atoms with E-state index in [-0.39, 0.29) is 18.9 Å². The quantitative estimate of drug-likeness (QED) is 0.0129. The van der Waals surface area contributed by atoms with Gasteiger partial charge in [0.1, 0.15) is 43.2 Å². The first-order valence-electron chi connectivity index (χ1n) is 23.2. The van der Waals surface area contributed by atoms with Gasteiger partial charge < -0.3 is 49.7 Å².